The van der Waals surface area contributed by atoms with Crippen molar-refractivity contribution >= 4 is 5.69 Å². The van der Waals surface area contributed by atoms with E-state index < -0.39 is 0 Å². The summed E-state index contributed by atoms with van der Waals surface area (Å²) in [7, 11) is 4.08. The van der Waals surface area contributed by atoms with E-state index in [1.807, 2.05) is 14.1 Å². The smallest absolute Gasteiger partial charge is 0.0515 e. The Balaban J connectivity index is 3.10. The minimum Gasteiger partial charge on any atom is -0.398 e. The van der Waals surface area contributed by atoms with Crippen molar-refractivity contribution in [2.75, 3.05) is 19.8 Å². The van der Waals surface area contributed by atoms with Crippen LogP contribution in [-0.4, -0.2) is 29.5 Å². The molecule has 0 aliphatic rings. The third kappa shape index (κ3) is 2.18. The molecule has 4 heteroatoms. The maximum Gasteiger partial charge on any atom is 0.0515 e. The van der Waals surface area contributed by atoms with Gasteiger partial charge >= 0.3 is 0 Å². The molecule has 0 radical (unpaired) electrons. The molecular formula is C12H22N4. The minimum absolute atomic E-state index is 0.114. The standard InChI is InChI=1S/C12H22N4/c1-5-12(2,16(3)4)11(14)9-8-15-7-6-10(9)13/h6-8,11H,5,14H2,1-4H3,(H2,13,15). The van der Waals surface area contributed by atoms with E-state index in [1.165, 1.54) is 0 Å². The van der Waals surface area contributed by atoms with E-state index in [0.29, 0.717) is 5.69 Å². The van der Waals surface area contributed by atoms with Crippen molar-refractivity contribution in [2.24, 2.45) is 5.73 Å². The lowest BCUT2D eigenvalue weighted by Crippen LogP contribution is -2.49. The molecule has 2 atom stereocenters. The molecule has 0 amide bonds. The van der Waals surface area contributed by atoms with Crippen molar-refractivity contribution in [1.29, 1.82) is 0 Å². The molecule has 0 spiro atoms. The summed E-state index contributed by atoms with van der Waals surface area (Å²) >= 11 is 0. The van der Waals surface area contributed by atoms with E-state index in [0.717, 1.165) is 12.0 Å². The fourth-order valence-corrected chi connectivity index (χ4v) is 1.83. The predicted molar refractivity (Wildman–Crippen MR) is 68.0 cm³/mol. The topological polar surface area (TPSA) is 68.2 Å². The molecule has 0 fully saturated rings. The molecule has 1 aromatic heterocycles. The zero-order valence-electron chi connectivity index (χ0n) is 10.6. The summed E-state index contributed by atoms with van der Waals surface area (Å²) in [5.74, 6) is 0. The Kier molecular flexibility index (Phi) is 3.88. The van der Waals surface area contributed by atoms with Gasteiger partial charge in [0.05, 0.1) is 6.04 Å². The first-order valence-corrected chi connectivity index (χ1v) is 5.56. The van der Waals surface area contributed by atoms with Gasteiger partial charge in [0.1, 0.15) is 0 Å². The van der Waals surface area contributed by atoms with Gasteiger partial charge in [0.15, 0.2) is 0 Å². The third-order valence-electron chi connectivity index (χ3n) is 3.63. The number of nitrogen functional groups attached to an aromatic ring is 1. The van der Waals surface area contributed by atoms with Crippen molar-refractivity contribution in [1.82, 2.24) is 9.88 Å². The van der Waals surface area contributed by atoms with Crippen LogP contribution in [0.3, 0.4) is 0 Å². The van der Waals surface area contributed by atoms with Crippen LogP contribution in [0.4, 0.5) is 5.69 Å². The number of hydrogen-bond acceptors (Lipinski definition) is 4. The van der Waals surface area contributed by atoms with Gasteiger partial charge in [-0.2, -0.15) is 0 Å². The van der Waals surface area contributed by atoms with Gasteiger partial charge in [0.2, 0.25) is 0 Å². The number of likely N-dealkylation sites (N-methyl/N-ethyl adjacent to an activating group) is 1. The average Bonchev–Trinajstić information content (AvgIpc) is 2.27. The van der Waals surface area contributed by atoms with Crippen LogP contribution in [0.1, 0.15) is 31.9 Å². The van der Waals surface area contributed by atoms with Crippen molar-refractivity contribution in [2.45, 2.75) is 31.8 Å². The fourth-order valence-electron chi connectivity index (χ4n) is 1.83. The molecule has 4 N–H and O–H groups in total. The van der Waals surface area contributed by atoms with Crippen LogP contribution in [-0.2, 0) is 0 Å². The number of rotatable bonds is 4. The van der Waals surface area contributed by atoms with Gasteiger partial charge in [0.25, 0.3) is 0 Å². The Morgan fingerprint density at radius 1 is 1.50 bits per heavy atom. The zero-order chi connectivity index (χ0) is 12.3. The summed E-state index contributed by atoms with van der Waals surface area (Å²) in [5.41, 5.74) is 13.8. The first kappa shape index (κ1) is 12.9. The summed E-state index contributed by atoms with van der Waals surface area (Å²) in [6.45, 7) is 4.27. The normalized spacial score (nSPS) is 17.1. The minimum atomic E-state index is -0.138. The summed E-state index contributed by atoms with van der Waals surface area (Å²) in [5, 5.41) is 0. The lowest BCUT2D eigenvalue weighted by molar-refractivity contribution is 0.132. The van der Waals surface area contributed by atoms with E-state index in [2.05, 4.69) is 23.7 Å². The largest absolute Gasteiger partial charge is 0.398 e. The van der Waals surface area contributed by atoms with E-state index in [1.54, 1.807) is 18.5 Å². The SMILES string of the molecule is CCC(C)(C(N)c1cnccc1N)N(C)C. The van der Waals surface area contributed by atoms with Crippen molar-refractivity contribution in [3.8, 4) is 0 Å². The van der Waals surface area contributed by atoms with Crippen molar-refractivity contribution in [3.05, 3.63) is 24.0 Å². The molecule has 90 valence electrons. The fraction of sp³-hybridized carbons (Fsp3) is 0.583. The molecule has 2 unspecified atom stereocenters. The summed E-state index contributed by atoms with van der Waals surface area (Å²) in [6, 6.07) is 1.65. The molecule has 0 bridgehead atoms. The number of pyridine rings is 1. The summed E-state index contributed by atoms with van der Waals surface area (Å²) in [4.78, 5) is 6.24. The Morgan fingerprint density at radius 2 is 2.12 bits per heavy atom. The molecule has 0 aromatic carbocycles. The number of hydrogen-bond donors (Lipinski definition) is 2. The molecule has 0 aliphatic carbocycles. The molecule has 16 heavy (non-hydrogen) atoms. The van der Waals surface area contributed by atoms with Crippen LogP contribution in [0, 0.1) is 0 Å². The maximum absolute atomic E-state index is 6.32. The second-order valence-electron chi connectivity index (χ2n) is 4.59. The molecular weight excluding hydrogens is 200 g/mol. The van der Waals surface area contributed by atoms with E-state index in [4.69, 9.17) is 11.5 Å². The highest BCUT2D eigenvalue weighted by atomic mass is 15.2. The number of nitrogens with zero attached hydrogens (tertiary/aromatic N) is 2. The lowest BCUT2D eigenvalue weighted by atomic mass is 9.84. The lowest BCUT2D eigenvalue weighted by Gasteiger charge is -2.41. The first-order chi connectivity index (χ1) is 7.43. The van der Waals surface area contributed by atoms with Gasteiger partial charge < -0.3 is 16.4 Å². The Labute approximate surface area is 97.6 Å². The van der Waals surface area contributed by atoms with Gasteiger partial charge in [-0.05, 0) is 33.5 Å². The van der Waals surface area contributed by atoms with Crippen LogP contribution in [0.2, 0.25) is 0 Å². The monoisotopic (exact) mass is 222 g/mol. The van der Waals surface area contributed by atoms with Gasteiger partial charge in [0, 0.05) is 29.2 Å². The Morgan fingerprint density at radius 3 is 2.56 bits per heavy atom. The van der Waals surface area contributed by atoms with Gasteiger partial charge in [-0.3, -0.25) is 4.98 Å². The van der Waals surface area contributed by atoms with Crippen LogP contribution in [0.5, 0.6) is 0 Å². The first-order valence-electron chi connectivity index (χ1n) is 5.56. The Bertz CT molecular complexity index is 351. The highest BCUT2D eigenvalue weighted by molar-refractivity contribution is 5.47. The second-order valence-corrected chi connectivity index (χ2v) is 4.59. The molecule has 1 aromatic rings. The maximum atomic E-state index is 6.32. The zero-order valence-corrected chi connectivity index (χ0v) is 10.6. The molecule has 1 rings (SSSR count). The average molecular weight is 222 g/mol. The summed E-state index contributed by atoms with van der Waals surface area (Å²) < 4.78 is 0. The van der Waals surface area contributed by atoms with E-state index in [9.17, 15) is 0 Å². The number of nitrogens with two attached hydrogens (primary N) is 2. The second kappa shape index (κ2) is 4.80. The van der Waals surface area contributed by atoms with E-state index in [-0.39, 0.29) is 11.6 Å². The Hall–Kier alpha value is -1.13. The number of anilines is 1. The molecule has 1 heterocycles. The quantitative estimate of drug-likeness (QED) is 0.808. The predicted octanol–water partition coefficient (Wildman–Crippen LogP) is 1.39. The van der Waals surface area contributed by atoms with Gasteiger partial charge in [-0.15, -0.1) is 0 Å². The van der Waals surface area contributed by atoms with E-state index >= 15 is 0 Å². The molecule has 0 saturated carbocycles. The molecule has 0 aliphatic heterocycles. The third-order valence-corrected chi connectivity index (χ3v) is 3.63. The van der Waals surface area contributed by atoms with Gasteiger partial charge in [-0.1, -0.05) is 6.92 Å². The number of aromatic nitrogens is 1. The van der Waals surface area contributed by atoms with Crippen LogP contribution < -0.4 is 11.5 Å². The van der Waals surface area contributed by atoms with Crippen LogP contribution in [0.25, 0.3) is 0 Å². The van der Waals surface area contributed by atoms with Crippen molar-refractivity contribution < 1.29 is 0 Å². The molecule has 4 nitrogen and oxygen atoms in total. The highest BCUT2D eigenvalue weighted by Gasteiger charge is 2.34. The molecule has 0 saturated heterocycles. The summed E-state index contributed by atoms with van der Waals surface area (Å²) in [6.07, 6.45) is 4.40. The van der Waals surface area contributed by atoms with Crippen LogP contribution >= 0.6 is 0 Å². The highest BCUT2D eigenvalue weighted by Crippen LogP contribution is 2.32. The van der Waals surface area contributed by atoms with Gasteiger partial charge in [-0.25, -0.2) is 0 Å². The van der Waals surface area contributed by atoms with Crippen molar-refractivity contribution in [3.63, 3.8) is 0 Å². The van der Waals surface area contributed by atoms with Crippen LogP contribution in [0.15, 0.2) is 18.5 Å².